The number of ether oxygens (including phenoxy) is 1. The van der Waals surface area contributed by atoms with Gasteiger partial charge in [0, 0.05) is 11.6 Å². The molecular weight excluding hydrogens is 366 g/mol. The summed E-state index contributed by atoms with van der Waals surface area (Å²) in [5, 5.41) is 12.1. The number of carbonyl (C=O) groups excluding carboxylic acids is 1. The van der Waals surface area contributed by atoms with Crippen molar-refractivity contribution in [2.45, 2.75) is 19.8 Å². The maximum atomic E-state index is 12.4. The van der Waals surface area contributed by atoms with Gasteiger partial charge in [-0.2, -0.15) is 0 Å². The minimum atomic E-state index is -1.02. The highest BCUT2D eigenvalue weighted by molar-refractivity contribution is 5.95. The van der Waals surface area contributed by atoms with Crippen LogP contribution in [0.5, 0.6) is 0 Å². The Hall–Kier alpha value is -3.60. The van der Waals surface area contributed by atoms with E-state index < -0.39 is 12.1 Å². The van der Waals surface area contributed by atoms with E-state index in [0.717, 1.165) is 22.3 Å². The van der Waals surface area contributed by atoms with Gasteiger partial charge in [-0.3, -0.25) is 5.32 Å². The van der Waals surface area contributed by atoms with E-state index in [-0.39, 0.29) is 18.1 Å². The average Bonchev–Trinajstić information content (AvgIpc) is 3.02. The number of benzene rings is 3. The first kappa shape index (κ1) is 18.7. The Morgan fingerprint density at radius 3 is 2.10 bits per heavy atom. The van der Waals surface area contributed by atoms with Gasteiger partial charge in [0.05, 0.1) is 5.56 Å². The van der Waals surface area contributed by atoms with Crippen molar-refractivity contribution in [3.8, 4) is 11.1 Å². The second-order valence-corrected chi connectivity index (χ2v) is 7.19. The smallest absolute Gasteiger partial charge is 0.411 e. The van der Waals surface area contributed by atoms with Crippen molar-refractivity contribution in [3.05, 3.63) is 88.5 Å². The highest BCUT2D eigenvalue weighted by atomic mass is 16.5. The second-order valence-electron chi connectivity index (χ2n) is 7.19. The molecule has 3 aromatic carbocycles. The van der Waals surface area contributed by atoms with E-state index in [4.69, 9.17) is 4.74 Å². The molecule has 0 unspecified atom stereocenters. The molecule has 0 bridgehead atoms. The number of aromatic carboxylic acids is 1. The number of nitrogens with one attached hydrogen (secondary N) is 1. The molecule has 1 aliphatic rings. The lowest BCUT2D eigenvalue weighted by Crippen LogP contribution is -2.19. The third kappa shape index (κ3) is 3.36. The van der Waals surface area contributed by atoms with Crippen LogP contribution in [0.1, 0.15) is 38.5 Å². The maximum absolute atomic E-state index is 12.4. The Balaban J connectivity index is 1.52. The minimum absolute atomic E-state index is 0.0261. The van der Waals surface area contributed by atoms with Gasteiger partial charge < -0.3 is 9.84 Å². The third-order valence-corrected chi connectivity index (χ3v) is 5.47. The highest BCUT2D eigenvalue weighted by Crippen LogP contribution is 2.44. The topological polar surface area (TPSA) is 75.6 Å². The molecule has 0 saturated carbocycles. The Kier molecular flexibility index (Phi) is 4.80. The zero-order chi connectivity index (χ0) is 20.5. The van der Waals surface area contributed by atoms with Gasteiger partial charge in [0.2, 0.25) is 0 Å². The Labute approximate surface area is 169 Å². The molecular formula is C24H21NO4. The first-order valence-corrected chi connectivity index (χ1v) is 9.43. The standard InChI is InChI=1S/C24H21NO4/c1-14-11-12-21(15(2)22(14)23(26)27)25-24(28)29-13-20-18-9-5-3-7-16(18)17-8-4-6-10-19(17)20/h3-12,20H,13H2,1-2H3,(H,25,28)(H,26,27). The number of carbonyl (C=O) groups is 2. The van der Waals surface area contributed by atoms with E-state index in [0.29, 0.717) is 16.8 Å². The monoisotopic (exact) mass is 387 g/mol. The lowest BCUT2D eigenvalue weighted by molar-refractivity contribution is 0.0695. The Morgan fingerprint density at radius 1 is 0.931 bits per heavy atom. The molecule has 146 valence electrons. The van der Waals surface area contributed by atoms with Crippen molar-refractivity contribution in [2.24, 2.45) is 0 Å². The first-order chi connectivity index (χ1) is 14.0. The van der Waals surface area contributed by atoms with E-state index in [2.05, 4.69) is 29.6 Å². The van der Waals surface area contributed by atoms with Crippen molar-refractivity contribution in [1.82, 2.24) is 0 Å². The summed E-state index contributed by atoms with van der Waals surface area (Å²) >= 11 is 0. The fourth-order valence-electron chi connectivity index (χ4n) is 4.06. The van der Waals surface area contributed by atoms with Gasteiger partial charge in [0.1, 0.15) is 6.61 Å². The number of carboxylic acid groups (broad SMARTS) is 1. The van der Waals surface area contributed by atoms with E-state index in [9.17, 15) is 14.7 Å². The van der Waals surface area contributed by atoms with Gasteiger partial charge in [-0.25, -0.2) is 9.59 Å². The molecule has 1 aliphatic carbocycles. The predicted octanol–water partition coefficient (Wildman–Crippen LogP) is 5.36. The number of carboxylic acids is 1. The van der Waals surface area contributed by atoms with Gasteiger partial charge in [0.15, 0.2) is 0 Å². The van der Waals surface area contributed by atoms with Gasteiger partial charge in [-0.15, -0.1) is 0 Å². The zero-order valence-electron chi connectivity index (χ0n) is 16.2. The van der Waals surface area contributed by atoms with Crippen LogP contribution >= 0.6 is 0 Å². The average molecular weight is 387 g/mol. The molecule has 2 N–H and O–H groups in total. The minimum Gasteiger partial charge on any atom is -0.478 e. The fourth-order valence-corrected chi connectivity index (χ4v) is 4.06. The Morgan fingerprint density at radius 2 is 1.52 bits per heavy atom. The van der Waals surface area contributed by atoms with Crippen LogP contribution in [0, 0.1) is 13.8 Å². The summed E-state index contributed by atoms with van der Waals surface area (Å²) in [6.45, 7) is 3.61. The SMILES string of the molecule is Cc1ccc(NC(=O)OCC2c3ccccc3-c3ccccc32)c(C)c1C(=O)O. The molecule has 0 saturated heterocycles. The predicted molar refractivity (Wildman–Crippen MR) is 112 cm³/mol. The largest absolute Gasteiger partial charge is 0.478 e. The number of anilines is 1. The van der Waals surface area contributed by atoms with Crippen LogP contribution in [0.15, 0.2) is 60.7 Å². The molecule has 3 aromatic rings. The lowest BCUT2D eigenvalue weighted by Gasteiger charge is -2.16. The summed E-state index contributed by atoms with van der Waals surface area (Å²) in [6, 6.07) is 19.6. The molecule has 29 heavy (non-hydrogen) atoms. The van der Waals surface area contributed by atoms with Crippen LogP contribution in [0.3, 0.4) is 0 Å². The molecule has 1 amide bonds. The maximum Gasteiger partial charge on any atom is 0.411 e. The van der Waals surface area contributed by atoms with Gasteiger partial charge >= 0.3 is 12.1 Å². The van der Waals surface area contributed by atoms with Crippen LogP contribution in [-0.2, 0) is 4.74 Å². The summed E-state index contributed by atoms with van der Waals surface area (Å²) in [7, 11) is 0. The van der Waals surface area contributed by atoms with Gasteiger partial charge in [-0.1, -0.05) is 54.6 Å². The van der Waals surface area contributed by atoms with Gasteiger partial charge in [0.25, 0.3) is 0 Å². The van der Waals surface area contributed by atoms with Crippen molar-refractivity contribution in [1.29, 1.82) is 0 Å². The molecule has 5 heteroatoms. The molecule has 5 nitrogen and oxygen atoms in total. The van der Waals surface area contributed by atoms with Crippen molar-refractivity contribution >= 4 is 17.7 Å². The van der Waals surface area contributed by atoms with Crippen LogP contribution in [0.4, 0.5) is 10.5 Å². The van der Waals surface area contributed by atoms with Gasteiger partial charge in [-0.05, 0) is 53.3 Å². The summed E-state index contributed by atoms with van der Waals surface area (Å²) < 4.78 is 5.53. The number of hydrogen-bond acceptors (Lipinski definition) is 3. The highest BCUT2D eigenvalue weighted by Gasteiger charge is 2.29. The lowest BCUT2D eigenvalue weighted by atomic mass is 9.98. The first-order valence-electron chi connectivity index (χ1n) is 9.43. The van der Waals surface area contributed by atoms with Crippen LogP contribution in [-0.4, -0.2) is 23.8 Å². The molecule has 0 aliphatic heterocycles. The number of hydrogen-bond donors (Lipinski definition) is 2. The van der Waals surface area contributed by atoms with Crippen molar-refractivity contribution in [3.63, 3.8) is 0 Å². The summed E-state index contributed by atoms with van der Waals surface area (Å²) in [5.41, 5.74) is 6.39. The summed E-state index contributed by atoms with van der Waals surface area (Å²) in [6.07, 6.45) is -0.602. The summed E-state index contributed by atoms with van der Waals surface area (Å²) in [5.74, 6) is -1.04. The zero-order valence-corrected chi connectivity index (χ0v) is 16.2. The number of rotatable bonds is 4. The molecule has 0 atom stereocenters. The Bertz CT molecular complexity index is 1070. The quantitative estimate of drug-likeness (QED) is 0.632. The van der Waals surface area contributed by atoms with Crippen LogP contribution < -0.4 is 5.32 Å². The molecule has 4 rings (SSSR count). The molecule has 0 heterocycles. The van der Waals surface area contributed by atoms with Crippen LogP contribution in [0.2, 0.25) is 0 Å². The van der Waals surface area contributed by atoms with Crippen LogP contribution in [0.25, 0.3) is 11.1 Å². The molecule has 0 spiro atoms. The van der Waals surface area contributed by atoms with E-state index in [1.54, 1.807) is 26.0 Å². The number of amides is 1. The van der Waals surface area contributed by atoms with Crippen molar-refractivity contribution in [2.75, 3.05) is 11.9 Å². The fraction of sp³-hybridized carbons (Fsp3) is 0.167. The normalized spacial score (nSPS) is 12.2. The molecule has 0 radical (unpaired) electrons. The molecule has 0 aromatic heterocycles. The number of aryl methyl sites for hydroxylation is 1. The van der Waals surface area contributed by atoms with E-state index >= 15 is 0 Å². The third-order valence-electron chi connectivity index (χ3n) is 5.47. The number of fused-ring (bicyclic) bond motifs is 3. The van der Waals surface area contributed by atoms with E-state index in [1.807, 2.05) is 24.3 Å². The van der Waals surface area contributed by atoms with Crippen molar-refractivity contribution < 1.29 is 19.4 Å². The second kappa shape index (κ2) is 7.43. The molecule has 0 fully saturated rings. The summed E-state index contributed by atoms with van der Waals surface area (Å²) in [4.78, 5) is 23.9. The van der Waals surface area contributed by atoms with E-state index in [1.165, 1.54) is 0 Å².